The van der Waals surface area contributed by atoms with E-state index in [0.29, 0.717) is 0 Å². The van der Waals surface area contributed by atoms with Crippen molar-refractivity contribution in [1.82, 2.24) is 10.6 Å². The highest BCUT2D eigenvalue weighted by Crippen LogP contribution is 2.16. The lowest BCUT2D eigenvalue weighted by Crippen LogP contribution is -2.48. The summed E-state index contributed by atoms with van der Waals surface area (Å²) in [5, 5.41) is 5.44. The van der Waals surface area contributed by atoms with Crippen LogP contribution in [0, 0.1) is 12.8 Å². The van der Waals surface area contributed by atoms with Crippen LogP contribution in [0.25, 0.3) is 0 Å². The Kier molecular flexibility index (Phi) is 6.84. The molecule has 1 unspecified atom stereocenters. The van der Waals surface area contributed by atoms with E-state index in [1.165, 1.54) is 9.75 Å². The Balaban J connectivity index is 2.31. The summed E-state index contributed by atoms with van der Waals surface area (Å²) in [6.07, 6.45) is 0.795. The lowest BCUT2D eigenvalue weighted by molar-refractivity contribution is -0.127. The van der Waals surface area contributed by atoms with Crippen molar-refractivity contribution in [3.63, 3.8) is 0 Å². The van der Waals surface area contributed by atoms with Gasteiger partial charge in [-0.25, -0.2) is 0 Å². The van der Waals surface area contributed by atoms with E-state index in [9.17, 15) is 9.59 Å². The lowest BCUT2D eigenvalue weighted by Gasteiger charge is -2.16. The molecule has 0 bridgehead atoms. The van der Waals surface area contributed by atoms with Gasteiger partial charge in [-0.15, -0.1) is 11.3 Å². The number of nitrogens with one attached hydrogen (secondary N) is 2. The van der Waals surface area contributed by atoms with Gasteiger partial charge in [0, 0.05) is 22.2 Å². The molecular weight excluding hydrogens is 286 g/mol. The predicted octanol–water partition coefficient (Wildman–Crippen LogP) is 1.20. The highest BCUT2D eigenvalue weighted by atomic mass is 32.1. The third-order valence-electron chi connectivity index (χ3n) is 3.15. The molecule has 0 aliphatic carbocycles. The minimum atomic E-state index is -0.579. The Bertz CT molecular complexity index is 485. The zero-order valence-corrected chi connectivity index (χ0v) is 13.9. The highest BCUT2D eigenvalue weighted by molar-refractivity contribution is 7.11. The van der Waals surface area contributed by atoms with Crippen molar-refractivity contribution in [2.24, 2.45) is 11.7 Å². The number of thiophene rings is 1. The van der Waals surface area contributed by atoms with E-state index < -0.39 is 6.04 Å². The normalized spacial score (nSPS) is 13.8. The number of carbonyl (C=O) groups excluding carboxylic acids is 2. The van der Waals surface area contributed by atoms with Crippen molar-refractivity contribution in [1.29, 1.82) is 0 Å². The Morgan fingerprint density at radius 2 is 1.95 bits per heavy atom. The standard InChI is InChI=1S/C15H25N3O2S/c1-9(2)14(16)15(20)17-8-13(19)18-10(3)7-12-6-5-11(4)21-12/h5-6,9-10,14H,7-8,16H2,1-4H3,(H,17,20)(H,18,19)/t10?,14-/m0/s1. The molecule has 5 nitrogen and oxygen atoms in total. The van der Waals surface area contributed by atoms with Gasteiger partial charge in [0.1, 0.15) is 0 Å². The number of hydrogen-bond acceptors (Lipinski definition) is 4. The SMILES string of the molecule is Cc1ccc(CC(C)NC(=O)CNC(=O)[C@@H](N)C(C)C)s1. The third-order valence-corrected chi connectivity index (χ3v) is 4.18. The number of aryl methyl sites for hydroxylation is 1. The first kappa shape index (κ1) is 17.7. The highest BCUT2D eigenvalue weighted by Gasteiger charge is 2.18. The third kappa shape index (κ3) is 6.27. The molecule has 0 saturated heterocycles. The summed E-state index contributed by atoms with van der Waals surface area (Å²) < 4.78 is 0. The van der Waals surface area contributed by atoms with Crippen molar-refractivity contribution in [3.8, 4) is 0 Å². The Morgan fingerprint density at radius 3 is 2.48 bits per heavy atom. The number of hydrogen-bond donors (Lipinski definition) is 3. The van der Waals surface area contributed by atoms with Crippen molar-refractivity contribution < 1.29 is 9.59 Å². The van der Waals surface area contributed by atoms with Gasteiger partial charge in [-0.1, -0.05) is 13.8 Å². The van der Waals surface area contributed by atoms with Gasteiger partial charge >= 0.3 is 0 Å². The number of rotatable bonds is 7. The maximum Gasteiger partial charge on any atom is 0.239 e. The summed E-state index contributed by atoms with van der Waals surface area (Å²) >= 11 is 1.73. The summed E-state index contributed by atoms with van der Waals surface area (Å²) in [6, 6.07) is 3.60. The van der Waals surface area contributed by atoms with Crippen molar-refractivity contribution in [3.05, 3.63) is 21.9 Å². The van der Waals surface area contributed by atoms with Crippen LogP contribution in [0.3, 0.4) is 0 Å². The van der Waals surface area contributed by atoms with Crippen molar-refractivity contribution in [2.75, 3.05) is 6.54 Å². The topological polar surface area (TPSA) is 84.2 Å². The fraction of sp³-hybridized carbons (Fsp3) is 0.600. The minimum absolute atomic E-state index is 0.0335. The van der Waals surface area contributed by atoms with E-state index in [0.717, 1.165) is 6.42 Å². The van der Waals surface area contributed by atoms with Crippen molar-refractivity contribution >= 4 is 23.2 Å². The van der Waals surface area contributed by atoms with Crippen LogP contribution in [-0.2, 0) is 16.0 Å². The molecule has 0 aliphatic heterocycles. The Morgan fingerprint density at radius 1 is 1.29 bits per heavy atom. The van der Waals surface area contributed by atoms with Gasteiger partial charge in [-0.05, 0) is 31.9 Å². The largest absolute Gasteiger partial charge is 0.352 e. The summed E-state index contributed by atoms with van der Waals surface area (Å²) in [4.78, 5) is 25.9. The lowest BCUT2D eigenvalue weighted by atomic mass is 10.1. The second-order valence-electron chi connectivity index (χ2n) is 5.67. The summed E-state index contributed by atoms with van der Waals surface area (Å²) in [7, 11) is 0. The van der Waals surface area contributed by atoms with Crippen LogP contribution in [0.2, 0.25) is 0 Å². The zero-order valence-electron chi connectivity index (χ0n) is 13.1. The molecule has 0 spiro atoms. The quantitative estimate of drug-likeness (QED) is 0.707. The van der Waals surface area contributed by atoms with Gasteiger partial charge < -0.3 is 16.4 Å². The Labute approximate surface area is 130 Å². The van der Waals surface area contributed by atoms with E-state index in [-0.39, 0.29) is 30.3 Å². The average molecular weight is 311 g/mol. The zero-order chi connectivity index (χ0) is 16.0. The maximum atomic E-state index is 11.8. The average Bonchev–Trinajstić information content (AvgIpc) is 2.79. The van der Waals surface area contributed by atoms with Crippen molar-refractivity contribution in [2.45, 2.75) is 46.2 Å². The van der Waals surface area contributed by atoms with Crippen LogP contribution >= 0.6 is 11.3 Å². The number of nitrogens with two attached hydrogens (primary N) is 1. The summed E-state index contributed by atoms with van der Waals surface area (Å²) in [6.45, 7) is 7.72. The molecule has 21 heavy (non-hydrogen) atoms. The predicted molar refractivity (Wildman–Crippen MR) is 86.2 cm³/mol. The van der Waals surface area contributed by atoms with Gasteiger partial charge in [0.2, 0.25) is 11.8 Å². The smallest absolute Gasteiger partial charge is 0.239 e. The van der Waals surface area contributed by atoms with Gasteiger partial charge in [-0.3, -0.25) is 9.59 Å². The summed E-state index contributed by atoms with van der Waals surface area (Å²) in [5.41, 5.74) is 5.71. The molecule has 1 aromatic heterocycles. The molecule has 0 aromatic carbocycles. The van der Waals surface area contributed by atoms with Crippen LogP contribution in [0.1, 0.15) is 30.5 Å². The second-order valence-corrected chi connectivity index (χ2v) is 7.05. The number of amides is 2. The van der Waals surface area contributed by atoms with Crippen LogP contribution in [0.15, 0.2) is 12.1 Å². The molecule has 2 amide bonds. The molecule has 0 saturated carbocycles. The molecule has 2 atom stereocenters. The molecule has 1 aromatic rings. The summed E-state index contributed by atoms with van der Waals surface area (Å²) in [5.74, 6) is -0.434. The molecule has 4 N–H and O–H groups in total. The molecule has 0 fully saturated rings. The molecule has 118 valence electrons. The molecule has 0 radical (unpaired) electrons. The molecule has 0 aliphatic rings. The van der Waals surface area contributed by atoms with Crippen LogP contribution in [-0.4, -0.2) is 30.4 Å². The van der Waals surface area contributed by atoms with E-state index >= 15 is 0 Å². The fourth-order valence-corrected chi connectivity index (χ4v) is 2.88. The van der Waals surface area contributed by atoms with E-state index in [4.69, 9.17) is 5.73 Å². The number of carbonyl (C=O) groups is 2. The van der Waals surface area contributed by atoms with E-state index in [1.54, 1.807) is 11.3 Å². The van der Waals surface area contributed by atoms with Gasteiger partial charge in [0.05, 0.1) is 12.6 Å². The first-order valence-electron chi connectivity index (χ1n) is 7.17. The maximum absolute atomic E-state index is 11.8. The van der Waals surface area contributed by atoms with Crippen LogP contribution < -0.4 is 16.4 Å². The van der Waals surface area contributed by atoms with Gasteiger partial charge in [0.15, 0.2) is 0 Å². The van der Waals surface area contributed by atoms with Crippen LogP contribution in [0.5, 0.6) is 0 Å². The first-order valence-corrected chi connectivity index (χ1v) is 7.99. The second kappa shape index (κ2) is 8.14. The Hall–Kier alpha value is -1.40. The fourth-order valence-electron chi connectivity index (χ4n) is 1.86. The van der Waals surface area contributed by atoms with Crippen LogP contribution in [0.4, 0.5) is 0 Å². The van der Waals surface area contributed by atoms with Gasteiger partial charge in [0.25, 0.3) is 0 Å². The minimum Gasteiger partial charge on any atom is -0.352 e. The van der Waals surface area contributed by atoms with E-state index in [1.807, 2.05) is 20.8 Å². The van der Waals surface area contributed by atoms with E-state index in [2.05, 4.69) is 29.7 Å². The molecule has 1 heterocycles. The molecule has 1 rings (SSSR count). The first-order chi connectivity index (χ1) is 9.79. The van der Waals surface area contributed by atoms with Gasteiger partial charge in [-0.2, -0.15) is 0 Å². The molecular formula is C15H25N3O2S. The monoisotopic (exact) mass is 311 g/mol. The molecule has 6 heteroatoms.